The number of ether oxygens (including phenoxy) is 2. The highest BCUT2D eigenvalue weighted by molar-refractivity contribution is 7.97. The van der Waals surface area contributed by atoms with Gasteiger partial charge in [0.1, 0.15) is 23.9 Å². The molecule has 0 unspecified atom stereocenters. The highest BCUT2D eigenvalue weighted by Crippen LogP contribution is 2.33. The summed E-state index contributed by atoms with van der Waals surface area (Å²) in [5.41, 5.74) is -5.65. The minimum absolute atomic E-state index is 0.439. The summed E-state index contributed by atoms with van der Waals surface area (Å²) in [5, 5.41) is 2.60. The molecule has 156 valence electrons. The number of hydrogen-bond acceptors (Lipinski definition) is 5. The molecule has 1 heterocycles. The highest BCUT2D eigenvalue weighted by Gasteiger charge is 2.37. The Hall–Kier alpha value is -1.49. The summed E-state index contributed by atoms with van der Waals surface area (Å²) in [7, 11) is -3.95. The number of hydrogen-bond donors (Lipinski definition) is 0. The van der Waals surface area contributed by atoms with Gasteiger partial charge in [-0.2, -0.15) is 13.2 Å². The van der Waals surface area contributed by atoms with Crippen LogP contribution in [-0.4, -0.2) is 50.3 Å². The largest absolute Gasteiger partial charge is 0.741 e. The van der Waals surface area contributed by atoms with Crippen LogP contribution in [0, 0.1) is 0 Å². The Balaban J connectivity index is 0.000000300. The second-order valence-corrected chi connectivity index (χ2v) is 9.57. The first-order valence-electron chi connectivity index (χ1n) is 8.48. The van der Waals surface area contributed by atoms with Gasteiger partial charge in [-0.25, -0.2) is 8.42 Å². The number of fused-ring (bicyclic) bond motifs is 1. The van der Waals surface area contributed by atoms with Crippen LogP contribution in [-0.2, 0) is 25.7 Å². The molecular weight excluding hydrogens is 417 g/mol. The lowest BCUT2D eigenvalue weighted by Crippen LogP contribution is -2.21. The molecule has 0 atom stereocenters. The summed E-state index contributed by atoms with van der Waals surface area (Å²) in [5.74, 6) is 3.69. The van der Waals surface area contributed by atoms with Gasteiger partial charge in [0.2, 0.25) is 0 Å². The summed E-state index contributed by atoms with van der Waals surface area (Å²) in [6.45, 7) is 1.23. The third-order valence-corrected chi connectivity index (χ3v) is 7.12. The van der Waals surface area contributed by atoms with Crippen molar-refractivity contribution in [3.05, 3.63) is 36.4 Å². The molecule has 0 amide bonds. The third kappa shape index (κ3) is 6.00. The molecular formula is C18H21F3O5S2. The molecule has 28 heavy (non-hydrogen) atoms. The molecule has 1 aliphatic rings. The van der Waals surface area contributed by atoms with Crippen molar-refractivity contribution in [1.29, 1.82) is 0 Å². The summed E-state index contributed by atoms with van der Waals surface area (Å²) >= 11 is 0. The lowest BCUT2D eigenvalue weighted by molar-refractivity contribution is -0.0517. The third-order valence-electron chi connectivity index (χ3n) is 4.01. The molecule has 0 aliphatic carbocycles. The Morgan fingerprint density at radius 1 is 1.04 bits per heavy atom. The molecule has 3 rings (SSSR count). The molecule has 0 aromatic heterocycles. The molecule has 5 nitrogen and oxygen atoms in total. The van der Waals surface area contributed by atoms with Gasteiger partial charge in [0.15, 0.2) is 15.0 Å². The van der Waals surface area contributed by atoms with Crippen LogP contribution in [0.15, 0.2) is 41.3 Å². The topological polar surface area (TPSA) is 75.7 Å². The standard InChI is InChI=1S/C17H21O2S.CHF3O3S/c1-18-10-11-19-16-8-4-7-15-14(16)6-5-9-17(15)20-12-2-3-13-20;2-1(3,4)8(5,6)7/h4-9H,2-3,10-13H2,1H3;(H,5,6,7)/q+1;/p-1. The Bertz CT molecular complexity index is 878. The molecule has 0 radical (unpaired) electrons. The van der Waals surface area contributed by atoms with Crippen molar-refractivity contribution in [2.24, 2.45) is 0 Å². The summed E-state index contributed by atoms with van der Waals surface area (Å²) in [4.78, 5) is 1.53. The van der Waals surface area contributed by atoms with E-state index in [2.05, 4.69) is 36.4 Å². The predicted octanol–water partition coefficient (Wildman–Crippen LogP) is 3.69. The van der Waals surface area contributed by atoms with Crippen molar-refractivity contribution in [1.82, 2.24) is 0 Å². The second-order valence-electron chi connectivity index (χ2n) is 5.96. The average Bonchev–Trinajstić information content (AvgIpc) is 3.15. The molecule has 0 bridgehead atoms. The van der Waals surface area contributed by atoms with Crippen LogP contribution in [0.2, 0.25) is 0 Å². The molecule has 0 saturated carbocycles. The van der Waals surface area contributed by atoms with E-state index in [9.17, 15) is 13.2 Å². The quantitative estimate of drug-likeness (QED) is 0.308. The molecule has 1 saturated heterocycles. The SMILES string of the molecule is COCCOc1cccc2c([S+]3CCCC3)cccc12.O=S(=O)([O-])C(F)(F)F. The van der Waals surface area contributed by atoms with Gasteiger partial charge >= 0.3 is 5.51 Å². The van der Waals surface area contributed by atoms with Crippen molar-refractivity contribution < 1.29 is 35.6 Å². The number of methoxy groups -OCH3 is 1. The number of rotatable bonds is 5. The summed E-state index contributed by atoms with van der Waals surface area (Å²) in [6, 6.07) is 13.0. The first-order chi connectivity index (χ1) is 13.1. The minimum atomic E-state index is -6.09. The maximum absolute atomic E-state index is 10.7. The minimum Gasteiger partial charge on any atom is -0.741 e. The zero-order valence-corrected chi connectivity index (χ0v) is 16.8. The van der Waals surface area contributed by atoms with Gasteiger partial charge in [0.05, 0.1) is 6.61 Å². The number of benzene rings is 2. The van der Waals surface area contributed by atoms with Gasteiger partial charge in [-0.05, 0) is 31.0 Å². The zero-order chi connectivity index (χ0) is 20.8. The molecule has 10 heteroatoms. The Morgan fingerprint density at radius 2 is 1.61 bits per heavy atom. The first kappa shape index (κ1) is 22.8. The maximum Gasteiger partial charge on any atom is 0.485 e. The van der Waals surface area contributed by atoms with Crippen LogP contribution < -0.4 is 4.74 Å². The Labute approximate surface area is 164 Å². The van der Waals surface area contributed by atoms with Crippen molar-refractivity contribution in [3.8, 4) is 5.75 Å². The molecule has 2 aromatic rings. The van der Waals surface area contributed by atoms with E-state index in [4.69, 9.17) is 22.4 Å². The van der Waals surface area contributed by atoms with E-state index in [-0.39, 0.29) is 0 Å². The maximum atomic E-state index is 10.7. The van der Waals surface area contributed by atoms with Crippen LogP contribution in [0.5, 0.6) is 5.75 Å². The van der Waals surface area contributed by atoms with E-state index in [0.29, 0.717) is 24.1 Å². The lowest BCUT2D eigenvalue weighted by Gasteiger charge is -2.10. The summed E-state index contributed by atoms with van der Waals surface area (Å²) in [6.07, 6.45) is 2.76. The van der Waals surface area contributed by atoms with Gasteiger partial charge in [0, 0.05) is 28.8 Å². The van der Waals surface area contributed by atoms with Gasteiger partial charge in [0.25, 0.3) is 0 Å². The smallest absolute Gasteiger partial charge is 0.485 e. The van der Waals surface area contributed by atoms with E-state index in [1.54, 1.807) is 7.11 Å². The van der Waals surface area contributed by atoms with Crippen LogP contribution >= 0.6 is 0 Å². The van der Waals surface area contributed by atoms with E-state index < -0.39 is 15.6 Å². The van der Waals surface area contributed by atoms with E-state index in [0.717, 1.165) is 5.75 Å². The number of halogens is 3. The number of alkyl halides is 3. The predicted molar refractivity (Wildman–Crippen MR) is 102 cm³/mol. The molecule has 1 fully saturated rings. The second kappa shape index (κ2) is 9.82. The van der Waals surface area contributed by atoms with Crippen molar-refractivity contribution in [2.45, 2.75) is 23.2 Å². The molecule has 2 aromatic carbocycles. The molecule has 1 aliphatic heterocycles. The Morgan fingerprint density at radius 3 is 2.18 bits per heavy atom. The average molecular weight is 438 g/mol. The van der Waals surface area contributed by atoms with E-state index in [1.807, 2.05) is 0 Å². The normalized spacial score (nSPS) is 15.3. The van der Waals surface area contributed by atoms with Crippen LogP contribution in [0.4, 0.5) is 13.2 Å². The van der Waals surface area contributed by atoms with Gasteiger partial charge < -0.3 is 14.0 Å². The van der Waals surface area contributed by atoms with E-state index in [1.165, 1.54) is 40.0 Å². The van der Waals surface area contributed by atoms with Crippen molar-refractivity contribution in [3.63, 3.8) is 0 Å². The van der Waals surface area contributed by atoms with Gasteiger partial charge in [-0.15, -0.1) is 0 Å². The Kier molecular flexibility index (Phi) is 7.99. The van der Waals surface area contributed by atoms with Crippen molar-refractivity contribution in [2.75, 3.05) is 31.8 Å². The van der Waals surface area contributed by atoms with Crippen LogP contribution in [0.25, 0.3) is 10.8 Å². The van der Waals surface area contributed by atoms with Crippen molar-refractivity contribution >= 4 is 31.8 Å². The fraction of sp³-hybridized carbons (Fsp3) is 0.444. The monoisotopic (exact) mass is 438 g/mol. The molecule has 0 spiro atoms. The highest BCUT2D eigenvalue weighted by atomic mass is 32.2. The van der Waals surface area contributed by atoms with Crippen LogP contribution in [0.1, 0.15) is 12.8 Å². The van der Waals surface area contributed by atoms with Crippen LogP contribution in [0.3, 0.4) is 0 Å². The fourth-order valence-corrected chi connectivity index (χ4v) is 5.25. The zero-order valence-electron chi connectivity index (χ0n) is 15.2. The first-order valence-corrected chi connectivity index (χ1v) is 11.5. The fourth-order valence-electron chi connectivity index (χ4n) is 2.74. The van der Waals surface area contributed by atoms with E-state index >= 15 is 0 Å². The molecule has 0 N–H and O–H groups in total. The van der Waals surface area contributed by atoms with Gasteiger partial charge in [-0.1, -0.05) is 18.2 Å². The summed E-state index contributed by atoms with van der Waals surface area (Å²) < 4.78 is 69.8. The lowest BCUT2D eigenvalue weighted by atomic mass is 10.1. The van der Waals surface area contributed by atoms with Gasteiger partial charge in [-0.3, -0.25) is 0 Å².